The minimum absolute atomic E-state index is 0.00605. The fraction of sp³-hybridized carbons (Fsp3) is 0.842. The summed E-state index contributed by atoms with van der Waals surface area (Å²) in [7, 11) is 0. The fourth-order valence-electron chi connectivity index (χ4n) is 4.71. The number of nitrogen functional groups attached to an aromatic ring is 1. The zero-order valence-electron chi connectivity index (χ0n) is 33.2. The molecule has 0 aliphatic rings. The molecular formula is C38H71N5O8. The summed E-state index contributed by atoms with van der Waals surface area (Å²) in [5.74, 6) is -0.228. The predicted molar refractivity (Wildman–Crippen MR) is 201 cm³/mol. The molecule has 51 heavy (non-hydrogen) atoms. The molecule has 0 spiro atoms. The lowest BCUT2D eigenvalue weighted by molar-refractivity contribution is 0.0127. The smallest absolute Gasteiger partial charge is 0.273 e. The normalized spacial score (nSPS) is 12.1. The van der Waals surface area contributed by atoms with Crippen LogP contribution in [0.15, 0.2) is 0 Å². The van der Waals surface area contributed by atoms with E-state index in [1.54, 1.807) is 0 Å². The number of rotatable bonds is 31. The Morgan fingerprint density at radius 2 is 1.04 bits per heavy atom. The van der Waals surface area contributed by atoms with E-state index in [1.807, 2.05) is 20.8 Å². The summed E-state index contributed by atoms with van der Waals surface area (Å²) in [5, 5.41) is 5.72. The van der Waals surface area contributed by atoms with Gasteiger partial charge >= 0.3 is 0 Å². The van der Waals surface area contributed by atoms with Crippen molar-refractivity contribution >= 4 is 17.6 Å². The Bertz CT molecular complexity index is 1080. The largest absolute Gasteiger partial charge is 0.382 e. The SMILES string of the molecule is CCC(C)(C)c1nc(C(=O)NCCCOCCOCCOCCCC(C)C)c(N)nc1C(=O)NCCCOCCOCCOCCCC(C)(C)C. The van der Waals surface area contributed by atoms with E-state index >= 15 is 0 Å². The first-order chi connectivity index (χ1) is 24.3. The molecule has 0 saturated heterocycles. The maximum Gasteiger partial charge on any atom is 0.273 e. The van der Waals surface area contributed by atoms with Crippen molar-refractivity contribution in [3.8, 4) is 0 Å². The van der Waals surface area contributed by atoms with Crippen LogP contribution in [0.2, 0.25) is 0 Å². The number of nitrogens with one attached hydrogen (secondary N) is 2. The first-order valence-electron chi connectivity index (χ1n) is 19.0. The van der Waals surface area contributed by atoms with E-state index in [9.17, 15) is 9.59 Å². The predicted octanol–water partition coefficient (Wildman–Crippen LogP) is 5.35. The highest BCUT2D eigenvalue weighted by Gasteiger charge is 2.30. The lowest BCUT2D eigenvalue weighted by atomic mass is 9.84. The molecule has 4 N–H and O–H groups in total. The molecule has 1 aromatic heterocycles. The molecular weight excluding hydrogens is 654 g/mol. The number of aromatic nitrogens is 2. The molecule has 13 heteroatoms. The van der Waals surface area contributed by atoms with Crippen LogP contribution in [0.5, 0.6) is 0 Å². The third-order valence-electron chi connectivity index (χ3n) is 8.15. The molecule has 0 radical (unpaired) electrons. The highest BCUT2D eigenvalue weighted by Crippen LogP contribution is 2.29. The fourth-order valence-corrected chi connectivity index (χ4v) is 4.71. The summed E-state index contributed by atoms with van der Waals surface area (Å²) < 4.78 is 33.5. The second-order valence-corrected chi connectivity index (χ2v) is 15.0. The number of anilines is 1. The summed E-state index contributed by atoms with van der Waals surface area (Å²) in [6.07, 6.45) is 6.33. The number of ether oxygens (including phenoxy) is 6. The first kappa shape index (κ1) is 46.6. The molecule has 13 nitrogen and oxygen atoms in total. The average molecular weight is 726 g/mol. The third kappa shape index (κ3) is 23.0. The van der Waals surface area contributed by atoms with E-state index < -0.39 is 11.3 Å². The van der Waals surface area contributed by atoms with E-state index in [4.69, 9.17) is 34.2 Å². The number of hydrogen-bond donors (Lipinski definition) is 3. The molecule has 0 aliphatic heterocycles. The van der Waals surface area contributed by atoms with Crippen molar-refractivity contribution in [3.05, 3.63) is 17.1 Å². The molecule has 0 unspecified atom stereocenters. The van der Waals surface area contributed by atoms with E-state index in [2.05, 4.69) is 55.2 Å². The van der Waals surface area contributed by atoms with Gasteiger partial charge in [0.2, 0.25) is 0 Å². The van der Waals surface area contributed by atoms with Crippen molar-refractivity contribution in [1.82, 2.24) is 20.6 Å². The number of nitrogens with two attached hydrogens (primary N) is 1. The number of carbonyl (C=O) groups is 2. The summed E-state index contributed by atoms with van der Waals surface area (Å²) in [5.41, 5.74) is 6.53. The zero-order valence-corrected chi connectivity index (χ0v) is 33.2. The van der Waals surface area contributed by atoms with Crippen LogP contribution in [0, 0.1) is 11.3 Å². The van der Waals surface area contributed by atoms with Gasteiger partial charge in [-0.3, -0.25) is 9.59 Å². The number of nitrogens with zero attached hydrogens (tertiary/aromatic N) is 2. The summed E-state index contributed by atoms with van der Waals surface area (Å²) in [4.78, 5) is 35.1. The Morgan fingerprint density at radius 1 is 0.627 bits per heavy atom. The number of carbonyl (C=O) groups excluding carboxylic acids is 2. The number of hydrogen-bond acceptors (Lipinski definition) is 11. The van der Waals surface area contributed by atoms with E-state index in [1.165, 1.54) is 6.42 Å². The van der Waals surface area contributed by atoms with Gasteiger partial charge in [0.1, 0.15) is 0 Å². The standard InChI is InChI=1S/C38H71N5O8/c1-9-38(7,8)33-31(35(44)40-16-12-20-48-25-29-51-27-23-47-19-11-15-37(4,5)6)43-34(39)32(42-33)36(45)41-17-13-21-49-24-28-50-26-22-46-18-10-14-30(2)3/h30H,9-29H2,1-8H3,(H2,39,43)(H,40,44)(H,41,45). The summed E-state index contributed by atoms with van der Waals surface area (Å²) >= 11 is 0. The summed E-state index contributed by atoms with van der Waals surface area (Å²) in [6.45, 7) is 24.4. The molecule has 0 aliphatic carbocycles. The van der Waals surface area contributed by atoms with Gasteiger partial charge in [-0.25, -0.2) is 9.97 Å². The Balaban J connectivity index is 2.34. The van der Waals surface area contributed by atoms with Gasteiger partial charge in [0, 0.05) is 44.9 Å². The van der Waals surface area contributed by atoms with Crippen LogP contribution in [0.3, 0.4) is 0 Å². The van der Waals surface area contributed by atoms with Crippen LogP contribution in [-0.4, -0.2) is 114 Å². The molecule has 0 fully saturated rings. The Kier molecular flexibility index (Phi) is 24.9. The van der Waals surface area contributed by atoms with Crippen molar-refractivity contribution in [1.29, 1.82) is 0 Å². The van der Waals surface area contributed by atoms with Crippen LogP contribution in [0.4, 0.5) is 5.82 Å². The maximum absolute atomic E-state index is 13.2. The van der Waals surface area contributed by atoms with Crippen LogP contribution in [0.1, 0.15) is 127 Å². The third-order valence-corrected chi connectivity index (χ3v) is 8.15. The van der Waals surface area contributed by atoms with Crippen molar-refractivity contribution in [2.24, 2.45) is 11.3 Å². The molecule has 296 valence electrons. The average Bonchev–Trinajstić information content (AvgIpc) is 3.07. The highest BCUT2D eigenvalue weighted by molar-refractivity contribution is 5.99. The van der Waals surface area contributed by atoms with Crippen LogP contribution in [0.25, 0.3) is 0 Å². The van der Waals surface area contributed by atoms with Gasteiger partial charge < -0.3 is 44.8 Å². The second kappa shape index (κ2) is 27.2. The molecule has 2 amide bonds. The van der Waals surface area contributed by atoms with Gasteiger partial charge in [0.25, 0.3) is 11.8 Å². The van der Waals surface area contributed by atoms with E-state index in [-0.39, 0.29) is 23.1 Å². The Labute approximate surface area is 308 Å². The van der Waals surface area contributed by atoms with Gasteiger partial charge in [-0.1, -0.05) is 55.4 Å². The van der Waals surface area contributed by atoms with Gasteiger partial charge in [-0.15, -0.1) is 0 Å². The zero-order chi connectivity index (χ0) is 38.0. The van der Waals surface area contributed by atoms with Crippen molar-refractivity contribution in [3.63, 3.8) is 0 Å². The van der Waals surface area contributed by atoms with Crippen LogP contribution in [-0.2, 0) is 33.8 Å². The quantitative estimate of drug-likeness (QED) is 0.0846. The van der Waals surface area contributed by atoms with Crippen molar-refractivity contribution < 1.29 is 38.0 Å². The second-order valence-electron chi connectivity index (χ2n) is 15.0. The molecule has 1 aromatic rings. The molecule has 1 heterocycles. The molecule has 0 atom stereocenters. The molecule has 0 bridgehead atoms. The number of amides is 2. The Morgan fingerprint density at radius 3 is 1.47 bits per heavy atom. The topological polar surface area (TPSA) is 165 Å². The highest BCUT2D eigenvalue weighted by atomic mass is 16.5. The van der Waals surface area contributed by atoms with Crippen LogP contribution >= 0.6 is 0 Å². The summed E-state index contributed by atoms with van der Waals surface area (Å²) in [6, 6.07) is 0. The Hall–Kier alpha value is -2.42. The maximum atomic E-state index is 13.2. The van der Waals surface area contributed by atoms with E-state index in [0.717, 1.165) is 32.5 Å². The van der Waals surface area contributed by atoms with Gasteiger partial charge in [-0.05, 0) is 56.3 Å². The molecule has 0 aromatic carbocycles. The monoisotopic (exact) mass is 726 g/mol. The van der Waals surface area contributed by atoms with Gasteiger partial charge in [0.15, 0.2) is 17.2 Å². The van der Waals surface area contributed by atoms with E-state index in [0.29, 0.717) is 115 Å². The van der Waals surface area contributed by atoms with Gasteiger partial charge in [-0.2, -0.15) is 0 Å². The van der Waals surface area contributed by atoms with Crippen molar-refractivity contribution in [2.45, 2.75) is 106 Å². The van der Waals surface area contributed by atoms with Gasteiger partial charge in [0.05, 0.1) is 58.5 Å². The van der Waals surface area contributed by atoms with Crippen molar-refractivity contribution in [2.75, 3.05) is 98.1 Å². The minimum Gasteiger partial charge on any atom is -0.382 e. The van der Waals surface area contributed by atoms with Crippen LogP contribution < -0.4 is 16.4 Å². The lowest BCUT2D eigenvalue weighted by Crippen LogP contribution is -2.34. The lowest BCUT2D eigenvalue weighted by Gasteiger charge is -2.25. The minimum atomic E-state index is -0.515. The molecule has 1 rings (SSSR count). The molecule has 0 saturated carbocycles. The first-order valence-corrected chi connectivity index (χ1v) is 19.0.